The second kappa shape index (κ2) is 2.98. The molecule has 2 aliphatic carbocycles. The van der Waals surface area contributed by atoms with E-state index < -0.39 is 0 Å². The van der Waals surface area contributed by atoms with Gasteiger partial charge < -0.3 is 0 Å². The van der Waals surface area contributed by atoms with Gasteiger partial charge in [0.25, 0.3) is 0 Å². The van der Waals surface area contributed by atoms with Crippen LogP contribution in [-0.2, 0) is 0 Å². The fourth-order valence-corrected chi connectivity index (χ4v) is 2.89. The maximum Gasteiger partial charge on any atom is 0.0491 e. The van der Waals surface area contributed by atoms with Crippen molar-refractivity contribution in [1.82, 2.24) is 0 Å². The molecule has 0 N–H and O–H groups in total. The Bertz CT molecular complexity index is 208. The van der Waals surface area contributed by atoms with Crippen LogP contribution in [0, 0.1) is 5.92 Å². The van der Waals surface area contributed by atoms with Gasteiger partial charge in [0, 0.05) is 10.5 Å². The minimum Gasteiger partial charge on any atom is -0.0873 e. The van der Waals surface area contributed by atoms with Crippen molar-refractivity contribution in [2.75, 3.05) is 0 Å². The molecule has 2 rings (SSSR count). The molecule has 2 bridgehead atoms. The predicted octanol–water partition coefficient (Wildman–Crippen LogP) is 3.41. The van der Waals surface area contributed by atoms with E-state index in [1.165, 1.54) is 25.7 Å². The van der Waals surface area contributed by atoms with Crippen LogP contribution in [0.25, 0.3) is 10.4 Å². The first-order valence-electron chi connectivity index (χ1n) is 4.91. The third-order valence-electron chi connectivity index (χ3n) is 3.43. The Kier molecular flexibility index (Phi) is 1.97. The van der Waals surface area contributed by atoms with E-state index in [-0.39, 0.29) is 5.54 Å². The molecule has 0 aromatic carbocycles. The third kappa shape index (κ3) is 1.29. The second-order valence-corrected chi connectivity index (χ2v) is 4.27. The number of hydrogen-bond acceptors (Lipinski definition) is 1. The highest BCUT2D eigenvalue weighted by Crippen LogP contribution is 2.45. The van der Waals surface area contributed by atoms with Crippen LogP contribution in [0.15, 0.2) is 5.11 Å². The first-order chi connectivity index (χ1) is 5.85. The van der Waals surface area contributed by atoms with Crippen LogP contribution >= 0.6 is 0 Å². The molecule has 66 valence electrons. The summed E-state index contributed by atoms with van der Waals surface area (Å²) in [5, 5.41) is 4.02. The Morgan fingerprint density at radius 3 is 2.50 bits per heavy atom. The van der Waals surface area contributed by atoms with E-state index in [2.05, 4.69) is 10.0 Å². The van der Waals surface area contributed by atoms with Gasteiger partial charge in [-0.25, -0.2) is 0 Å². The van der Waals surface area contributed by atoms with E-state index in [0.717, 1.165) is 25.2 Å². The number of rotatable bonds is 1. The number of nitrogens with zero attached hydrogens (tertiary/aromatic N) is 3. The lowest BCUT2D eigenvalue weighted by Gasteiger charge is -2.41. The first kappa shape index (κ1) is 7.93. The molecule has 3 nitrogen and oxygen atoms in total. The van der Waals surface area contributed by atoms with Crippen molar-refractivity contribution in [2.45, 2.75) is 50.5 Å². The Morgan fingerprint density at radius 2 is 1.92 bits per heavy atom. The fraction of sp³-hybridized carbons (Fsp3) is 1.00. The molecule has 0 radical (unpaired) electrons. The predicted molar refractivity (Wildman–Crippen MR) is 47.7 cm³/mol. The molecule has 12 heavy (non-hydrogen) atoms. The number of fused-ring (bicyclic) bond motifs is 2. The van der Waals surface area contributed by atoms with E-state index in [9.17, 15) is 0 Å². The molecule has 0 spiro atoms. The van der Waals surface area contributed by atoms with Gasteiger partial charge in [0.15, 0.2) is 0 Å². The SMILES string of the molecule is [N-]=[N+]=NC12CCCC(CCC1)C2. The van der Waals surface area contributed by atoms with Crippen molar-refractivity contribution in [3.63, 3.8) is 0 Å². The maximum atomic E-state index is 8.48. The van der Waals surface area contributed by atoms with Gasteiger partial charge in [-0.05, 0) is 30.7 Å². The van der Waals surface area contributed by atoms with E-state index >= 15 is 0 Å². The van der Waals surface area contributed by atoms with Crippen molar-refractivity contribution >= 4 is 0 Å². The Morgan fingerprint density at radius 1 is 1.25 bits per heavy atom. The van der Waals surface area contributed by atoms with Crippen LogP contribution in [0.2, 0.25) is 0 Å². The summed E-state index contributed by atoms with van der Waals surface area (Å²) in [7, 11) is 0. The molecule has 2 saturated carbocycles. The standard InChI is InChI=1S/C9H15N3/c10-12-11-9-5-1-3-8(7-9)4-2-6-9/h8H,1-7H2. The van der Waals surface area contributed by atoms with Crippen LogP contribution < -0.4 is 0 Å². The molecular formula is C9H15N3. The van der Waals surface area contributed by atoms with Crippen LogP contribution in [-0.4, -0.2) is 5.54 Å². The molecule has 2 aliphatic rings. The lowest BCUT2D eigenvalue weighted by molar-refractivity contribution is 0.155. The lowest BCUT2D eigenvalue weighted by atomic mass is 9.68. The lowest BCUT2D eigenvalue weighted by Crippen LogP contribution is -2.36. The minimum absolute atomic E-state index is 0.0376. The molecule has 0 heterocycles. The summed E-state index contributed by atoms with van der Waals surface area (Å²) in [5.74, 6) is 0.859. The zero-order valence-electron chi connectivity index (χ0n) is 7.37. The normalized spacial score (nSPS) is 40.2. The van der Waals surface area contributed by atoms with E-state index in [1.54, 1.807) is 0 Å². The van der Waals surface area contributed by atoms with Crippen molar-refractivity contribution < 1.29 is 0 Å². The molecule has 2 fully saturated rings. The largest absolute Gasteiger partial charge is 0.0873 e. The summed E-state index contributed by atoms with van der Waals surface area (Å²) < 4.78 is 0. The van der Waals surface area contributed by atoms with Gasteiger partial charge in [-0.1, -0.05) is 30.8 Å². The van der Waals surface area contributed by atoms with E-state index in [0.29, 0.717) is 0 Å². The summed E-state index contributed by atoms with van der Waals surface area (Å²) in [5.41, 5.74) is 8.52. The highest BCUT2D eigenvalue weighted by molar-refractivity contribution is 4.97. The average molecular weight is 165 g/mol. The highest BCUT2D eigenvalue weighted by Gasteiger charge is 2.38. The molecule has 3 heteroatoms. The fourth-order valence-electron chi connectivity index (χ4n) is 2.89. The van der Waals surface area contributed by atoms with Gasteiger partial charge in [-0.15, -0.1) is 0 Å². The van der Waals surface area contributed by atoms with Crippen molar-refractivity contribution in [2.24, 2.45) is 11.0 Å². The van der Waals surface area contributed by atoms with Gasteiger partial charge in [0.2, 0.25) is 0 Å². The molecule has 0 atom stereocenters. The summed E-state index contributed by atoms with van der Waals surface area (Å²) in [6, 6.07) is 0. The Labute approximate surface area is 72.8 Å². The second-order valence-electron chi connectivity index (χ2n) is 4.27. The smallest absolute Gasteiger partial charge is 0.0491 e. The molecule has 0 amide bonds. The average Bonchev–Trinajstić information content (AvgIpc) is 2.04. The van der Waals surface area contributed by atoms with Gasteiger partial charge in [-0.2, -0.15) is 0 Å². The first-order valence-corrected chi connectivity index (χ1v) is 4.91. The monoisotopic (exact) mass is 165 g/mol. The molecule has 0 aromatic rings. The van der Waals surface area contributed by atoms with Crippen molar-refractivity contribution in [1.29, 1.82) is 0 Å². The quantitative estimate of drug-likeness (QED) is 0.325. The summed E-state index contributed by atoms with van der Waals surface area (Å²) in [4.78, 5) is 3.00. The highest BCUT2D eigenvalue weighted by atomic mass is 15.2. The third-order valence-corrected chi connectivity index (χ3v) is 3.43. The van der Waals surface area contributed by atoms with Crippen molar-refractivity contribution in [3.8, 4) is 0 Å². The van der Waals surface area contributed by atoms with Crippen LogP contribution in [0.3, 0.4) is 0 Å². The molecular weight excluding hydrogens is 150 g/mol. The zero-order valence-corrected chi connectivity index (χ0v) is 7.37. The summed E-state index contributed by atoms with van der Waals surface area (Å²) >= 11 is 0. The van der Waals surface area contributed by atoms with Crippen LogP contribution in [0.1, 0.15) is 44.9 Å². The minimum atomic E-state index is 0.0376. The zero-order chi connectivity index (χ0) is 8.44. The maximum absolute atomic E-state index is 8.48. The van der Waals surface area contributed by atoms with Gasteiger partial charge in [-0.3, -0.25) is 0 Å². The van der Waals surface area contributed by atoms with Crippen LogP contribution in [0.5, 0.6) is 0 Å². The molecule has 0 aliphatic heterocycles. The van der Waals surface area contributed by atoms with Gasteiger partial charge in [0.1, 0.15) is 0 Å². The topological polar surface area (TPSA) is 48.8 Å². The molecule has 0 unspecified atom stereocenters. The van der Waals surface area contributed by atoms with Crippen LogP contribution in [0.4, 0.5) is 0 Å². The Hall–Kier alpha value is -0.690. The van der Waals surface area contributed by atoms with E-state index in [4.69, 9.17) is 5.53 Å². The van der Waals surface area contributed by atoms with E-state index in [1.807, 2.05) is 0 Å². The summed E-state index contributed by atoms with van der Waals surface area (Å²) in [6.07, 6.45) is 8.69. The van der Waals surface area contributed by atoms with Gasteiger partial charge in [0.05, 0.1) is 0 Å². The number of azide groups is 1. The molecule has 0 aromatic heterocycles. The van der Waals surface area contributed by atoms with Gasteiger partial charge >= 0.3 is 0 Å². The Balaban J connectivity index is 2.16. The summed E-state index contributed by atoms with van der Waals surface area (Å²) in [6.45, 7) is 0. The van der Waals surface area contributed by atoms with Crippen molar-refractivity contribution in [3.05, 3.63) is 10.4 Å². The molecule has 0 saturated heterocycles. The number of hydrogen-bond donors (Lipinski definition) is 0.